The van der Waals surface area contributed by atoms with Gasteiger partial charge in [-0.1, -0.05) is 18.2 Å². The van der Waals surface area contributed by atoms with Crippen molar-refractivity contribution >= 4 is 11.8 Å². The van der Waals surface area contributed by atoms with E-state index < -0.39 is 12.5 Å². The Labute approximate surface area is 80.3 Å². The topological polar surface area (TPSA) is 26.0 Å². The minimum absolute atomic E-state index is 0.519. The van der Waals surface area contributed by atoms with Gasteiger partial charge in [0.2, 0.25) is 0 Å². The second kappa shape index (κ2) is 4.58. The standard InChI is InChI=1S/C9H11F2NS/c1-13-7-5-3-2-4-6(7)8(12)9(10)11/h2-5,8-9H,12H2,1H3. The molecule has 0 aliphatic carbocycles. The zero-order valence-corrected chi connectivity index (χ0v) is 8.02. The van der Waals surface area contributed by atoms with E-state index in [1.54, 1.807) is 18.2 Å². The minimum Gasteiger partial charge on any atom is -0.319 e. The average Bonchev–Trinajstić information content (AvgIpc) is 2.16. The van der Waals surface area contributed by atoms with Crippen LogP contribution in [0.15, 0.2) is 29.2 Å². The molecule has 0 aromatic heterocycles. The van der Waals surface area contributed by atoms with Crippen LogP contribution in [0.1, 0.15) is 11.6 Å². The van der Waals surface area contributed by atoms with Crippen LogP contribution in [0.3, 0.4) is 0 Å². The summed E-state index contributed by atoms with van der Waals surface area (Å²) in [7, 11) is 0. The highest BCUT2D eigenvalue weighted by Gasteiger charge is 2.19. The normalized spacial score (nSPS) is 13.3. The van der Waals surface area contributed by atoms with E-state index in [9.17, 15) is 8.78 Å². The van der Waals surface area contributed by atoms with Gasteiger partial charge in [0.1, 0.15) is 0 Å². The lowest BCUT2D eigenvalue weighted by Crippen LogP contribution is -2.19. The van der Waals surface area contributed by atoms with Gasteiger partial charge in [0.15, 0.2) is 0 Å². The maximum Gasteiger partial charge on any atom is 0.257 e. The van der Waals surface area contributed by atoms with Crippen molar-refractivity contribution in [3.8, 4) is 0 Å². The SMILES string of the molecule is CSc1ccccc1C(N)C(F)F. The van der Waals surface area contributed by atoms with Crippen LogP contribution in [0.25, 0.3) is 0 Å². The summed E-state index contributed by atoms with van der Waals surface area (Å²) in [6, 6.07) is 5.79. The Balaban J connectivity index is 2.98. The van der Waals surface area contributed by atoms with E-state index in [4.69, 9.17) is 5.73 Å². The maximum atomic E-state index is 12.3. The molecule has 1 rings (SSSR count). The molecule has 0 saturated heterocycles. The van der Waals surface area contributed by atoms with Crippen molar-refractivity contribution in [2.45, 2.75) is 17.4 Å². The Kier molecular flexibility index (Phi) is 3.69. The number of alkyl halides is 2. The molecular formula is C9H11F2NS. The molecule has 1 unspecified atom stereocenters. The number of halogens is 2. The molecule has 0 amide bonds. The lowest BCUT2D eigenvalue weighted by molar-refractivity contribution is 0.115. The summed E-state index contributed by atoms with van der Waals surface area (Å²) < 4.78 is 24.6. The van der Waals surface area contributed by atoms with Gasteiger partial charge in [0.25, 0.3) is 6.43 Å². The number of rotatable bonds is 3. The largest absolute Gasteiger partial charge is 0.319 e. The molecule has 4 heteroatoms. The maximum absolute atomic E-state index is 12.3. The fraction of sp³-hybridized carbons (Fsp3) is 0.333. The predicted molar refractivity (Wildman–Crippen MR) is 51.2 cm³/mol. The lowest BCUT2D eigenvalue weighted by Gasteiger charge is -2.13. The summed E-state index contributed by atoms with van der Waals surface area (Å²) in [6.07, 6.45) is -0.662. The van der Waals surface area contributed by atoms with Crippen LogP contribution in [0.4, 0.5) is 8.78 Å². The first-order valence-corrected chi connectivity index (χ1v) is 5.06. The molecule has 0 radical (unpaired) electrons. The van der Waals surface area contributed by atoms with Crippen molar-refractivity contribution in [1.82, 2.24) is 0 Å². The van der Waals surface area contributed by atoms with Gasteiger partial charge in [-0.25, -0.2) is 8.78 Å². The van der Waals surface area contributed by atoms with Crippen LogP contribution in [0.2, 0.25) is 0 Å². The van der Waals surface area contributed by atoms with E-state index in [0.29, 0.717) is 5.56 Å². The van der Waals surface area contributed by atoms with Gasteiger partial charge in [-0.2, -0.15) is 0 Å². The zero-order valence-electron chi connectivity index (χ0n) is 7.21. The summed E-state index contributed by atoms with van der Waals surface area (Å²) in [5, 5.41) is 0. The first-order chi connectivity index (χ1) is 6.16. The Morgan fingerprint density at radius 3 is 2.46 bits per heavy atom. The molecule has 1 nitrogen and oxygen atoms in total. The van der Waals surface area contributed by atoms with Gasteiger partial charge in [-0.15, -0.1) is 11.8 Å². The Morgan fingerprint density at radius 2 is 1.92 bits per heavy atom. The average molecular weight is 203 g/mol. The van der Waals surface area contributed by atoms with E-state index in [1.165, 1.54) is 11.8 Å². The van der Waals surface area contributed by atoms with Crippen molar-refractivity contribution in [3.05, 3.63) is 29.8 Å². The van der Waals surface area contributed by atoms with Gasteiger partial charge in [0.05, 0.1) is 6.04 Å². The van der Waals surface area contributed by atoms with Crippen LogP contribution in [0, 0.1) is 0 Å². The Morgan fingerprint density at radius 1 is 1.31 bits per heavy atom. The third kappa shape index (κ3) is 2.42. The minimum atomic E-state index is -2.51. The van der Waals surface area contributed by atoms with Gasteiger partial charge in [0, 0.05) is 4.90 Å². The third-order valence-corrected chi connectivity index (χ3v) is 2.58. The van der Waals surface area contributed by atoms with Gasteiger partial charge < -0.3 is 5.73 Å². The summed E-state index contributed by atoms with van der Waals surface area (Å²) >= 11 is 1.43. The molecule has 0 spiro atoms. The molecule has 2 N–H and O–H groups in total. The van der Waals surface area contributed by atoms with Crippen LogP contribution < -0.4 is 5.73 Å². The molecule has 0 saturated carbocycles. The molecule has 0 heterocycles. The van der Waals surface area contributed by atoms with Crippen molar-refractivity contribution < 1.29 is 8.78 Å². The molecular weight excluding hydrogens is 192 g/mol. The summed E-state index contributed by atoms with van der Waals surface area (Å²) in [5.41, 5.74) is 5.87. The highest BCUT2D eigenvalue weighted by molar-refractivity contribution is 7.98. The third-order valence-electron chi connectivity index (χ3n) is 1.77. The van der Waals surface area contributed by atoms with Gasteiger partial charge in [-0.3, -0.25) is 0 Å². The number of hydrogen-bond acceptors (Lipinski definition) is 2. The number of nitrogens with two attached hydrogens (primary N) is 1. The molecule has 72 valence electrons. The molecule has 0 aliphatic heterocycles. The van der Waals surface area contributed by atoms with Crippen LogP contribution in [0.5, 0.6) is 0 Å². The number of benzene rings is 1. The predicted octanol–water partition coefficient (Wildman–Crippen LogP) is 2.67. The first kappa shape index (κ1) is 10.5. The number of hydrogen-bond donors (Lipinski definition) is 1. The summed E-state index contributed by atoms with van der Waals surface area (Å²) in [6.45, 7) is 0. The lowest BCUT2D eigenvalue weighted by atomic mass is 10.1. The van der Waals surface area contributed by atoms with E-state index in [2.05, 4.69) is 0 Å². The fourth-order valence-corrected chi connectivity index (χ4v) is 1.73. The van der Waals surface area contributed by atoms with Crippen molar-refractivity contribution in [2.75, 3.05) is 6.26 Å². The van der Waals surface area contributed by atoms with Crippen LogP contribution in [-0.2, 0) is 0 Å². The highest BCUT2D eigenvalue weighted by atomic mass is 32.2. The van der Waals surface area contributed by atoms with Crippen molar-refractivity contribution in [1.29, 1.82) is 0 Å². The first-order valence-electron chi connectivity index (χ1n) is 3.83. The van der Waals surface area contributed by atoms with Crippen LogP contribution in [-0.4, -0.2) is 12.7 Å². The quantitative estimate of drug-likeness (QED) is 0.764. The fourth-order valence-electron chi connectivity index (χ4n) is 1.08. The molecule has 1 aromatic carbocycles. The van der Waals surface area contributed by atoms with Crippen LogP contribution >= 0.6 is 11.8 Å². The van der Waals surface area contributed by atoms with E-state index in [1.807, 2.05) is 12.3 Å². The zero-order chi connectivity index (χ0) is 9.84. The number of thioether (sulfide) groups is 1. The Hall–Kier alpha value is -0.610. The second-order valence-corrected chi connectivity index (χ2v) is 3.45. The second-order valence-electron chi connectivity index (χ2n) is 2.60. The molecule has 1 aromatic rings. The summed E-state index contributed by atoms with van der Waals surface area (Å²) in [4.78, 5) is 0.815. The van der Waals surface area contributed by atoms with Crippen molar-refractivity contribution in [3.63, 3.8) is 0 Å². The van der Waals surface area contributed by atoms with E-state index >= 15 is 0 Å². The monoisotopic (exact) mass is 203 g/mol. The molecule has 0 aliphatic rings. The smallest absolute Gasteiger partial charge is 0.257 e. The van der Waals surface area contributed by atoms with Gasteiger partial charge in [-0.05, 0) is 17.9 Å². The molecule has 13 heavy (non-hydrogen) atoms. The molecule has 0 bridgehead atoms. The van der Waals surface area contributed by atoms with E-state index in [-0.39, 0.29) is 0 Å². The Bertz CT molecular complexity index is 278. The highest BCUT2D eigenvalue weighted by Crippen LogP contribution is 2.27. The van der Waals surface area contributed by atoms with E-state index in [0.717, 1.165) is 4.90 Å². The molecule has 0 fully saturated rings. The van der Waals surface area contributed by atoms with Gasteiger partial charge >= 0.3 is 0 Å². The summed E-state index contributed by atoms with van der Waals surface area (Å²) in [5.74, 6) is 0. The van der Waals surface area contributed by atoms with Crippen molar-refractivity contribution in [2.24, 2.45) is 5.73 Å². The molecule has 1 atom stereocenters.